The number of aromatic amines is 1. The van der Waals surface area contributed by atoms with E-state index in [1.807, 2.05) is 19.1 Å². The Morgan fingerprint density at radius 1 is 1.19 bits per heavy atom. The Morgan fingerprint density at radius 3 is 2.43 bits per heavy atom. The summed E-state index contributed by atoms with van der Waals surface area (Å²) in [5.41, 5.74) is 2.15. The molecule has 1 aromatic carbocycles. The van der Waals surface area contributed by atoms with Gasteiger partial charge < -0.3 is 14.3 Å². The van der Waals surface area contributed by atoms with Crippen LogP contribution in [0.15, 0.2) is 18.2 Å². The summed E-state index contributed by atoms with van der Waals surface area (Å²) in [6.07, 6.45) is 0. The molecule has 1 heterocycles. The van der Waals surface area contributed by atoms with Crippen molar-refractivity contribution in [2.45, 2.75) is 41.2 Å². The van der Waals surface area contributed by atoms with Crippen molar-refractivity contribution >= 4 is 23.3 Å². The Hall–Kier alpha value is -1.29. The van der Waals surface area contributed by atoms with Gasteiger partial charge in [0, 0.05) is 6.54 Å². The number of para-hydroxylation sites is 1. The zero-order valence-electron chi connectivity index (χ0n) is 13.6. The number of aromatic nitrogens is 2. The zero-order chi connectivity index (χ0) is 15.6. The Labute approximate surface area is 132 Å². The van der Waals surface area contributed by atoms with E-state index >= 15 is 0 Å². The van der Waals surface area contributed by atoms with Crippen LogP contribution in [0.2, 0.25) is 0 Å². The highest BCUT2D eigenvalue weighted by Crippen LogP contribution is 2.28. The summed E-state index contributed by atoms with van der Waals surface area (Å²) >= 11 is 5.54. The number of H-pyrrole nitrogens is 1. The highest BCUT2D eigenvalue weighted by molar-refractivity contribution is 7.71. The van der Waals surface area contributed by atoms with Crippen molar-refractivity contribution in [3.63, 3.8) is 0 Å². The molecule has 0 aliphatic carbocycles. The molecule has 0 aliphatic rings. The van der Waals surface area contributed by atoms with Crippen LogP contribution in [0, 0.1) is 22.5 Å². The molecule has 2 rings (SSSR count). The van der Waals surface area contributed by atoms with E-state index in [-0.39, 0.29) is 0 Å². The molecule has 0 spiro atoms. The molecule has 0 aliphatic heterocycles. The van der Waals surface area contributed by atoms with Gasteiger partial charge in [-0.05, 0) is 49.0 Å². The lowest BCUT2D eigenvalue weighted by Crippen LogP contribution is -2.21. The summed E-state index contributed by atoms with van der Waals surface area (Å²) in [7, 11) is 0. The summed E-state index contributed by atoms with van der Waals surface area (Å²) in [6, 6.07) is 6.14. The van der Waals surface area contributed by atoms with E-state index in [9.17, 15) is 0 Å². The van der Waals surface area contributed by atoms with Crippen LogP contribution in [0.5, 0.6) is 5.75 Å². The maximum absolute atomic E-state index is 5.70. The second-order valence-corrected chi connectivity index (χ2v) is 6.66. The van der Waals surface area contributed by atoms with E-state index in [2.05, 4.69) is 43.3 Å². The third kappa shape index (κ3) is 3.31. The number of rotatable bonds is 6. The third-order valence-electron chi connectivity index (χ3n) is 4.18. The molecule has 0 fully saturated rings. The van der Waals surface area contributed by atoms with E-state index in [1.54, 1.807) is 0 Å². The Morgan fingerprint density at radius 2 is 1.86 bits per heavy atom. The summed E-state index contributed by atoms with van der Waals surface area (Å²) < 4.78 is 8.70. The Kier molecular flexibility index (Phi) is 5.09. The summed E-state index contributed by atoms with van der Waals surface area (Å²) in [4.78, 5) is 3.32. The first-order valence-electron chi connectivity index (χ1n) is 7.80. The fourth-order valence-electron chi connectivity index (χ4n) is 3.01. The lowest BCUT2D eigenvalue weighted by Gasteiger charge is -2.25. The van der Waals surface area contributed by atoms with Crippen LogP contribution in [0.4, 0.5) is 0 Å². The van der Waals surface area contributed by atoms with Gasteiger partial charge in [0.2, 0.25) is 0 Å². The van der Waals surface area contributed by atoms with Crippen LogP contribution in [0.1, 0.15) is 34.6 Å². The quantitative estimate of drug-likeness (QED) is 0.759. The minimum Gasteiger partial charge on any atom is -0.492 e. The normalized spacial score (nSPS) is 12.0. The van der Waals surface area contributed by atoms with Crippen molar-refractivity contribution in [2.75, 3.05) is 6.61 Å². The molecule has 3 nitrogen and oxygen atoms in total. The molecule has 116 valence electrons. The summed E-state index contributed by atoms with van der Waals surface area (Å²) in [6.45, 7) is 12.8. The fourth-order valence-corrected chi connectivity index (χ4v) is 3.29. The van der Waals surface area contributed by atoms with Crippen molar-refractivity contribution in [3.05, 3.63) is 23.0 Å². The van der Waals surface area contributed by atoms with E-state index in [4.69, 9.17) is 17.0 Å². The minimum absolute atomic E-state index is 0.603. The van der Waals surface area contributed by atoms with E-state index in [1.165, 1.54) is 0 Å². The van der Waals surface area contributed by atoms with Crippen LogP contribution in [-0.2, 0) is 6.54 Å². The van der Waals surface area contributed by atoms with Crippen molar-refractivity contribution in [2.24, 2.45) is 17.8 Å². The number of fused-ring (bicyclic) bond motifs is 1. The molecule has 0 amide bonds. The summed E-state index contributed by atoms with van der Waals surface area (Å²) in [5, 5.41) is 0. The van der Waals surface area contributed by atoms with Gasteiger partial charge in [0.05, 0.1) is 12.1 Å². The van der Waals surface area contributed by atoms with Crippen LogP contribution >= 0.6 is 12.2 Å². The Bertz CT molecular complexity index is 646. The average Bonchev–Trinajstić information content (AvgIpc) is 2.72. The van der Waals surface area contributed by atoms with Gasteiger partial charge in [-0.15, -0.1) is 0 Å². The third-order valence-corrected chi connectivity index (χ3v) is 4.50. The van der Waals surface area contributed by atoms with Gasteiger partial charge in [0.25, 0.3) is 0 Å². The second-order valence-electron chi connectivity index (χ2n) is 6.28. The first-order valence-corrected chi connectivity index (χ1v) is 8.20. The van der Waals surface area contributed by atoms with Crippen LogP contribution < -0.4 is 4.74 Å². The number of nitrogens with one attached hydrogen (secondary N) is 1. The topological polar surface area (TPSA) is 29.9 Å². The molecule has 4 heteroatoms. The highest BCUT2D eigenvalue weighted by Gasteiger charge is 2.20. The standard InChI is InChI=1S/C17H26N2OS/c1-6-20-15-9-7-8-14-16(15)18-17(21)19(14)10-13(11(2)3)12(4)5/h7-9,11-13H,6,10H2,1-5H3,(H,18,21). The number of imidazole rings is 1. The molecule has 2 aromatic rings. The SMILES string of the molecule is CCOc1cccc2c1[nH]c(=S)n2CC(C(C)C)C(C)C. The average molecular weight is 306 g/mol. The second kappa shape index (κ2) is 6.65. The molecule has 0 unspecified atom stereocenters. The van der Waals surface area contributed by atoms with Gasteiger partial charge in [-0.2, -0.15) is 0 Å². The van der Waals surface area contributed by atoms with E-state index in [0.29, 0.717) is 24.4 Å². The number of hydrogen-bond acceptors (Lipinski definition) is 2. The maximum atomic E-state index is 5.70. The molecule has 0 bridgehead atoms. The predicted molar refractivity (Wildman–Crippen MR) is 91.5 cm³/mol. The van der Waals surface area contributed by atoms with Crippen LogP contribution in [0.25, 0.3) is 11.0 Å². The molecule has 1 N–H and O–H groups in total. The first kappa shape index (κ1) is 16.1. The molecular formula is C17H26N2OS. The first-order chi connectivity index (χ1) is 9.95. The highest BCUT2D eigenvalue weighted by atomic mass is 32.1. The minimum atomic E-state index is 0.603. The van der Waals surface area contributed by atoms with Crippen molar-refractivity contribution < 1.29 is 4.74 Å². The molecule has 0 atom stereocenters. The van der Waals surface area contributed by atoms with Gasteiger partial charge in [-0.25, -0.2) is 0 Å². The van der Waals surface area contributed by atoms with Crippen LogP contribution in [0.3, 0.4) is 0 Å². The van der Waals surface area contributed by atoms with Gasteiger partial charge in [0.15, 0.2) is 4.77 Å². The molecule has 1 aromatic heterocycles. The van der Waals surface area contributed by atoms with Crippen molar-refractivity contribution in [1.29, 1.82) is 0 Å². The molecule has 21 heavy (non-hydrogen) atoms. The lowest BCUT2D eigenvalue weighted by molar-refractivity contribution is 0.253. The monoisotopic (exact) mass is 306 g/mol. The molecule has 0 saturated heterocycles. The van der Waals surface area contributed by atoms with Crippen molar-refractivity contribution in [3.8, 4) is 5.75 Å². The maximum Gasteiger partial charge on any atom is 0.178 e. The van der Waals surface area contributed by atoms with E-state index in [0.717, 1.165) is 28.1 Å². The number of ether oxygens (including phenoxy) is 1. The summed E-state index contributed by atoms with van der Waals surface area (Å²) in [5.74, 6) is 2.75. The lowest BCUT2D eigenvalue weighted by atomic mass is 9.85. The predicted octanol–water partition coefficient (Wildman–Crippen LogP) is 5.03. The number of hydrogen-bond donors (Lipinski definition) is 1. The zero-order valence-corrected chi connectivity index (χ0v) is 14.5. The van der Waals surface area contributed by atoms with Gasteiger partial charge >= 0.3 is 0 Å². The largest absolute Gasteiger partial charge is 0.492 e. The van der Waals surface area contributed by atoms with Crippen LogP contribution in [-0.4, -0.2) is 16.2 Å². The number of benzene rings is 1. The van der Waals surface area contributed by atoms with E-state index < -0.39 is 0 Å². The van der Waals surface area contributed by atoms with Gasteiger partial charge in [0.1, 0.15) is 11.3 Å². The molecule has 0 saturated carbocycles. The van der Waals surface area contributed by atoms with Crippen molar-refractivity contribution in [1.82, 2.24) is 9.55 Å². The van der Waals surface area contributed by atoms with Gasteiger partial charge in [-0.3, -0.25) is 0 Å². The Balaban J connectivity index is 2.47. The fraction of sp³-hybridized carbons (Fsp3) is 0.588. The smallest absolute Gasteiger partial charge is 0.178 e. The van der Waals surface area contributed by atoms with Gasteiger partial charge in [-0.1, -0.05) is 33.8 Å². The molecule has 0 radical (unpaired) electrons. The number of nitrogens with zero attached hydrogens (tertiary/aromatic N) is 1. The molecular weight excluding hydrogens is 280 g/mol.